The molecule has 4 rings (SSSR count). The Morgan fingerprint density at radius 1 is 1.25 bits per heavy atom. The van der Waals surface area contributed by atoms with E-state index in [0.717, 1.165) is 29.7 Å². The number of hydrogen-bond donors (Lipinski definition) is 0. The number of para-hydroxylation sites is 1. The van der Waals surface area contributed by atoms with Crippen molar-refractivity contribution in [2.75, 3.05) is 32.3 Å². The second-order valence-corrected chi connectivity index (χ2v) is 7.60. The molecule has 146 valence electrons. The summed E-state index contributed by atoms with van der Waals surface area (Å²) in [6.07, 6.45) is 1.97. The van der Waals surface area contributed by atoms with E-state index in [-0.39, 0.29) is 12.0 Å². The van der Waals surface area contributed by atoms with Gasteiger partial charge in [-0.05, 0) is 43.2 Å². The predicted octanol–water partition coefficient (Wildman–Crippen LogP) is 4.14. The summed E-state index contributed by atoms with van der Waals surface area (Å²) >= 11 is 1.48. The van der Waals surface area contributed by atoms with Gasteiger partial charge in [-0.3, -0.25) is 9.69 Å². The Hall–Kier alpha value is -2.64. The molecule has 0 N–H and O–H groups in total. The van der Waals surface area contributed by atoms with Crippen LogP contribution in [0.4, 0.5) is 5.13 Å². The third-order valence-corrected chi connectivity index (χ3v) is 5.84. The average Bonchev–Trinajstić information content (AvgIpc) is 3.40. The summed E-state index contributed by atoms with van der Waals surface area (Å²) in [7, 11) is 3.22. The first-order valence-electron chi connectivity index (χ1n) is 9.20. The molecule has 0 aliphatic carbocycles. The maximum absolute atomic E-state index is 13.4. The minimum Gasteiger partial charge on any atom is -0.497 e. The molecule has 1 aliphatic rings. The van der Waals surface area contributed by atoms with Gasteiger partial charge in [0.2, 0.25) is 0 Å². The van der Waals surface area contributed by atoms with Crippen molar-refractivity contribution >= 4 is 32.6 Å². The number of ether oxygens (including phenoxy) is 3. The second-order valence-electron chi connectivity index (χ2n) is 6.59. The van der Waals surface area contributed by atoms with E-state index in [2.05, 4.69) is 0 Å². The van der Waals surface area contributed by atoms with Gasteiger partial charge in [0.05, 0.1) is 31.6 Å². The zero-order valence-corrected chi connectivity index (χ0v) is 16.7. The van der Waals surface area contributed by atoms with Crippen molar-refractivity contribution in [3.8, 4) is 11.5 Å². The normalized spacial score (nSPS) is 16.3. The van der Waals surface area contributed by atoms with E-state index in [4.69, 9.17) is 19.2 Å². The van der Waals surface area contributed by atoms with E-state index >= 15 is 0 Å². The largest absolute Gasteiger partial charge is 0.497 e. The summed E-state index contributed by atoms with van der Waals surface area (Å²) in [5, 5.41) is 0.641. The number of carbonyl (C=O) groups is 1. The van der Waals surface area contributed by atoms with E-state index in [9.17, 15) is 4.79 Å². The fourth-order valence-electron chi connectivity index (χ4n) is 3.34. The van der Waals surface area contributed by atoms with Crippen molar-refractivity contribution in [3.63, 3.8) is 0 Å². The summed E-state index contributed by atoms with van der Waals surface area (Å²) in [6, 6.07) is 13.0. The molecule has 1 aromatic heterocycles. The monoisotopic (exact) mass is 398 g/mol. The molecule has 7 heteroatoms. The molecule has 1 saturated heterocycles. The molecule has 0 radical (unpaired) electrons. The smallest absolute Gasteiger partial charge is 0.260 e. The third-order valence-electron chi connectivity index (χ3n) is 4.79. The Labute approximate surface area is 167 Å². The van der Waals surface area contributed by atoms with Gasteiger partial charge in [0.15, 0.2) is 5.13 Å². The number of carbonyl (C=O) groups excluding carboxylic acids is 1. The predicted molar refractivity (Wildman–Crippen MR) is 110 cm³/mol. The maximum atomic E-state index is 13.4. The highest BCUT2D eigenvalue weighted by Gasteiger charge is 2.27. The highest BCUT2D eigenvalue weighted by molar-refractivity contribution is 7.22. The Bertz CT molecular complexity index is 981. The molecule has 2 heterocycles. The molecule has 0 bridgehead atoms. The van der Waals surface area contributed by atoms with Crippen LogP contribution in [0.2, 0.25) is 0 Å². The van der Waals surface area contributed by atoms with E-state index < -0.39 is 0 Å². The fourth-order valence-corrected chi connectivity index (χ4v) is 4.33. The second kappa shape index (κ2) is 8.16. The number of fused-ring (bicyclic) bond motifs is 1. The van der Waals surface area contributed by atoms with Crippen molar-refractivity contribution in [2.45, 2.75) is 18.9 Å². The molecular formula is C21H22N2O4S. The molecule has 1 atom stereocenters. The number of rotatable bonds is 6. The number of anilines is 1. The van der Waals surface area contributed by atoms with E-state index in [0.29, 0.717) is 28.7 Å². The zero-order valence-electron chi connectivity index (χ0n) is 15.9. The van der Waals surface area contributed by atoms with Crippen LogP contribution >= 0.6 is 11.3 Å². The molecule has 1 aliphatic heterocycles. The number of amides is 1. The number of benzene rings is 2. The maximum Gasteiger partial charge on any atom is 0.260 e. The Kier molecular flexibility index (Phi) is 5.45. The van der Waals surface area contributed by atoms with E-state index in [1.165, 1.54) is 11.3 Å². The average molecular weight is 398 g/mol. The molecule has 6 nitrogen and oxygen atoms in total. The zero-order chi connectivity index (χ0) is 19.5. The van der Waals surface area contributed by atoms with Crippen LogP contribution in [0, 0.1) is 0 Å². The van der Waals surface area contributed by atoms with Gasteiger partial charge in [-0.1, -0.05) is 23.5 Å². The van der Waals surface area contributed by atoms with Crippen molar-refractivity contribution in [1.29, 1.82) is 0 Å². The third kappa shape index (κ3) is 3.68. The van der Waals surface area contributed by atoms with Crippen molar-refractivity contribution in [1.82, 2.24) is 4.98 Å². The van der Waals surface area contributed by atoms with Gasteiger partial charge in [-0.2, -0.15) is 0 Å². The summed E-state index contributed by atoms with van der Waals surface area (Å²) in [6.45, 7) is 1.21. The lowest BCUT2D eigenvalue weighted by Gasteiger charge is -2.23. The topological polar surface area (TPSA) is 60.9 Å². The molecule has 1 amide bonds. The molecule has 1 unspecified atom stereocenters. The quantitative estimate of drug-likeness (QED) is 0.625. The summed E-state index contributed by atoms with van der Waals surface area (Å²) in [4.78, 5) is 19.8. The number of aromatic nitrogens is 1. The minimum absolute atomic E-state index is 0.0171. The molecular weight excluding hydrogens is 376 g/mol. The van der Waals surface area contributed by atoms with Gasteiger partial charge in [0.25, 0.3) is 5.91 Å². The van der Waals surface area contributed by atoms with E-state index in [1.54, 1.807) is 31.3 Å². The van der Waals surface area contributed by atoms with Crippen molar-refractivity contribution in [2.24, 2.45) is 0 Å². The first-order chi connectivity index (χ1) is 13.7. The van der Waals surface area contributed by atoms with Crippen LogP contribution in [0.1, 0.15) is 23.2 Å². The lowest BCUT2D eigenvalue weighted by atomic mass is 10.1. The molecule has 3 aromatic rings. The number of hydrogen-bond acceptors (Lipinski definition) is 6. The van der Waals surface area contributed by atoms with Crippen molar-refractivity contribution in [3.05, 3.63) is 48.0 Å². The van der Waals surface area contributed by atoms with Crippen LogP contribution in [-0.4, -0.2) is 44.4 Å². The van der Waals surface area contributed by atoms with E-state index in [1.807, 2.05) is 30.3 Å². The molecule has 28 heavy (non-hydrogen) atoms. The molecule has 1 fully saturated rings. The lowest BCUT2D eigenvalue weighted by molar-refractivity contribution is 0.0917. The Balaban J connectivity index is 1.73. The molecule has 0 saturated carbocycles. The summed E-state index contributed by atoms with van der Waals surface area (Å²) in [5.41, 5.74) is 1.32. The summed E-state index contributed by atoms with van der Waals surface area (Å²) in [5.74, 6) is 1.23. The van der Waals surface area contributed by atoms with Gasteiger partial charge < -0.3 is 14.2 Å². The van der Waals surface area contributed by atoms with Crippen LogP contribution in [0.25, 0.3) is 10.2 Å². The number of nitrogens with zero attached hydrogens (tertiary/aromatic N) is 2. The van der Waals surface area contributed by atoms with Gasteiger partial charge in [0, 0.05) is 12.2 Å². The van der Waals surface area contributed by atoms with Gasteiger partial charge in [-0.15, -0.1) is 0 Å². The van der Waals surface area contributed by atoms with Crippen LogP contribution in [-0.2, 0) is 4.74 Å². The van der Waals surface area contributed by atoms with Gasteiger partial charge in [-0.25, -0.2) is 4.98 Å². The lowest BCUT2D eigenvalue weighted by Crippen LogP contribution is -2.37. The van der Waals surface area contributed by atoms with Crippen LogP contribution in [0.15, 0.2) is 42.5 Å². The van der Waals surface area contributed by atoms with Gasteiger partial charge >= 0.3 is 0 Å². The van der Waals surface area contributed by atoms with Crippen LogP contribution in [0.5, 0.6) is 11.5 Å². The highest BCUT2D eigenvalue weighted by Crippen LogP contribution is 2.35. The first kappa shape index (κ1) is 18.7. The minimum atomic E-state index is -0.118. The van der Waals surface area contributed by atoms with Crippen LogP contribution < -0.4 is 14.4 Å². The highest BCUT2D eigenvalue weighted by atomic mass is 32.1. The molecule has 0 spiro atoms. The van der Waals surface area contributed by atoms with Crippen LogP contribution in [0.3, 0.4) is 0 Å². The Morgan fingerprint density at radius 3 is 2.86 bits per heavy atom. The van der Waals surface area contributed by atoms with Gasteiger partial charge in [0.1, 0.15) is 17.0 Å². The van der Waals surface area contributed by atoms with Crippen molar-refractivity contribution < 1.29 is 19.0 Å². The molecule has 2 aromatic carbocycles. The fraction of sp³-hybridized carbons (Fsp3) is 0.333. The summed E-state index contributed by atoms with van der Waals surface area (Å²) < 4.78 is 17.5. The standard InChI is InChI=1S/C21H22N2O4S/c1-25-15-7-3-6-14(12-15)20(24)23(13-16-8-5-11-27-16)21-22-19-17(26-2)9-4-10-18(19)28-21/h3-4,6-7,9-10,12,16H,5,8,11,13H2,1-2H3. The number of methoxy groups -OCH3 is 2. The number of thiazole rings is 1. The first-order valence-corrected chi connectivity index (χ1v) is 10.0. The Morgan fingerprint density at radius 2 is 2.11 bits per heavy atom. The SMILES string of the molecule is COc1cccc(C(=O)N(CC2CCCO2)c2nc3c(OC)cccc3s2)c1.